The fourth-order valence-electron chi connectivity index (χ4n) is 1.43. The van der Waals surface area contributed by atoms with Crippen LogP contribution in [0.5, 0.6) is 0 Å². The average molecular weight is 268 g/mol. The van der Waals surface area contributed by atoms with Gasteiger partial charge in [0, 0.05) is 6.42 Å². The molecule has 0 aromatic heterocycles. The van der Waals surface area contributed by atoms with E-state index in [9.17, 15) is 18.8 Å². The van der Waals surface area contributed by atoms with Gasteiger partial charge < -0.3 is 16.2 Å². The fraction of sp³-hybridized carbons (Fsp3) is 0.250. The summed E-state index contributed by atoms with van der Waals surface area (Å²) in [6, 6.07) is 3.90. The Morgan fingerprint density at radius 2 is 1.95 bits per heavy atom. The molecule has 6 nitrogen and oxygen atoms in total. The molecule has 0 fully saturated rings. The fourth-order valence-corrected chi connectivity index (χ4v) is 1.43. The standard InChI is InChI=1S/C12H13FN2O4/c13-8-4-2-1-3-7(8)11(17)15-9(12(18)19)5-6-10(14)16/h1-4,9H,5-6H2,(H2,14,16)(H,15,17)(H,18,19). The van der Waals surface area contributed by atoms with E-state index in [1.54, 1.807) is 0 Å². The Kier molecular flexibility index (Phi) is 4.99. The second kappa shape index (κ2) is 6.48. The van der Waals surface area contributed by atoms with Crippen LogP contribution in [0.4, 0.5) is 4.39 Å². The molecule has 0 heterocycles. The minimum absolute atomic E-state index is 0.148. The average Bonchev–Trinajstić information content (AvgIpc) is 2.34. The molecule has 0 saturated heterocycles. The third-order valence-electron chi connectivity index (χ3n) is 2.40. The van der Waals surface area contributed by atoms with E-state index >= 15 is 0 Å². The van der Waals surface area contributed by atoms with Crippen LogP contribution < -0.4 is 11.1 Å². The number of aliphatic carboxylic acids is 1. The minimum atomic E-state index is -1.31. The smallest absolute Gasteiger partial charge is 0.326 e. The molecule has 0 spiro atoms. The summed E-state index contributed by atoms with van der Waals surface area (Å²) in [5.41, 5.74) is 4.65. The lowest BCUT2D eigenvalue weighted by molar-refractivity contribution is -0.139. The van der Waals surface area contributed by atoms with Gasteiger partial charge in [-0.05, 0) is 18.6 Å². The zero-order valence-corrected chi connectivity index (χ0v) is 9.93. The van der Waals surface area contributed by atoms with E-state index in [4.69, 9.17) is 10.8 Å². The molecule has 4 N–H and O–H groups in total. The van der Waals surface area contributed by atoms with E-state index in [2.05, 4.69) is 5.32 Å². The third kappa shape index (κ3) is 4.38. The monoisotopic (exact) mass is 268 g/mol. The third-order valence-corrected chi connectivity index (χ3v) is 2.40. The summed E-state index contributed by atoms with van der Waals surface area (Å²) in [4.78, 5) is 33.2. The molecule has 1 aromatic rings. The zero-order valence-electron chi connectivity index (χ0n) is 9.93. The number of carbonyl (C=O) groups is 3. The van der Waals surface area contributed by atoms with Crippen LogP contribution in [0.3, 0.4) is 0 Å². The van der Waals surface area contributed by atoms with Gasteiger partial charge in [-0.15, -0.1) is 0 Å². The van der Waals surface area contributed by atoms with Gasteiger partial charge >= 0.3 is 5.97 Å². The van der Waals surface area contributed by atoms with Crippen molar-refractivity contribution in [3.05, 3.63) is 35.6 Å². The number of nitrogens with two attached hydrogens (primary N) is 1. The van der Waals surface area contributed by atoms with Crippen molar-refractivity contribution in [1.82, 2.24) is 5.32 Å². The summed E-state index contributed by atoms with van der Waals surface area (Å²) in [5, 5.41) is 11.0. The molecule has 102 valence electrons. The maximum absolute atomic E-state index is 13.3. The normalized spacial score (nSPS) is 11.6. The first-order valence-corrected chi connectivity index (χ1v) is 5.48. The van der Waals surface area contributed by atoms with Gasteiger partial charge in [0.1, 0.15) is 11.9 Å². The van der Waals surface area contributed by atoms with E-state index < -0.39 is 29.6 Å². The molecular formula is C12H13FN2O4. The molecule has 0 aliphatic rings. The highest BCUT2D eigenvalue weighted by molar-refractivity contribution is 5.96. The maximum Gasteiger partial charge on any atom is 0.326 e. The molecule has 0 aliphatic carbocycles. The van der Waals surface area contributed by atoms with Gasteiger partial charge in [0.25, 0.3) is 5.91 Å². The second-order valence-electron chi connectivity index (χ2n) is 3.85. The topological polar surface area (TPSA) is 109 Å². The number of halogens is 1. The van der Waals surface area contributed by atoms with Crippen molar-refractivity contribution in [2.24, 2.45) is 5.73 Å². The van der Waals surface area contributed by atoms with Crippen LogP contribution in [0.15, 0.2) is 24.3 Å². The highest BCUT2D eigenvalue weighted by Crippen LogP contribution is 2.07. The lowest BCUT2D eigenvalue weighted by Crippen LogP contribution is -2.41. The summed E-state index contributed by atoms with van der Waals surface area (Å²) in [6.07, 6.45) is -0.334. The first-order chi connectivity index (χ1) is 8.91. The molecule has 0 saturated carbocycles. The lowest BCUT2D eigenvalue weighted by atomic mass is 10.1. The van der Waals surface area contributed by atoms with Crippen LogP contribution in [0, 0.1) is 5.82 Å². The van der Waals surface area contributed by atoms with Gasteiger partial charge in [0.05, 0.1) is 5.56 Å². The van der Waals surface area contributed by atoms with Crippen LogP contribution in [0.25, 0.3) is 0 Å². The minimum Gasteiger partial charge on any atom is -0.480 e. The van der Waals surface area contributed by atoms with Gasteiger partial charge in [-0.1, -0.05) is 12.1 Å². The maximum atomic E-state index is 13.3. The molecule has 0 radical (unpaired) electrons. The van der Waals surface area contributed by atoms with Crippen molar-refractivity contribution in [2.75, 3.05) is 0 Å². The molecule has 1 rings (SSSR count). The van der Waals surface area contributed by atoms with Crippen molar-refractivity contribution in [3.8, 4) is 0 Å². The Hall–Kier alpha value is -2.44. The largest absolute Gasteiger partial charge is 0.480 e. The van der Waals surface area contributed by atoms with E-state index in [1.807, 2.05) is 0 Å². The second-order valence-corrected chi connectivity index (χ2v) is 3.85. The van der Waals surface area contributed by atoms with Crippen molar-refractivity contribution < 1.29 is 23.9 Å². The van der Waals surface area contributed by atoms with Gasteiger partial charge in [-0.2, -0.15) is 0 Å². The Bertz CT molecular complexity index is 504. The number of carboxylic acids is 1. The Morgan fingerprint density at radius 3 is 2.47 bits per heavy atom. The van der Waals surface area contributed by atoms with Crippen LogP contribution in [0.2, 0.25) is 0 Å². The van der Waals surface area contributed by atoms with Crippen molar-refractivity contribution in [1.29, 1.82) is 0 Å². The van der Waals surface area contributed by atoms with Crippen LogP contribution in [-0.2, 0) is 9.59 Å². The summed E-state index contributed by atoms with van der Waals surface area (Å²) in [6.45, 7) is 0. The highest BCUT2D eigenvalue weighted by Gasteiger charge is 2.22. The SMILES string of the molecule is NC(=O)CCC(NC(=O)c1ccccc1F)C(=O)O. The predicted octanol–water partition coefficient (Wildman–Crippen LogP) is 0.274. The Morgan fingerprint density at radius 1 is 1.32 bits per heavy atom. The van der Waals surface area contributed by atoms with Crippen LogP contribution >= 0.6 is 0 Å². The van der Waals surface area contributed by atoms with Gasteiger partial charge in [0.2, 0.25) is 5.91 Å². The Labute approximate surface area is 108 Å². The zero-order chi connectivity index (χ0) is 14.4. The summed E-state index contributed by atoms with van der Waals surface area (Å²) < 4.78 is 13.3. The van der Waals surface area contributed by atoms with Crippen LogP contribution in [0.1, 0.15) is 23.2 Å². The molecule has 0 bridgehead atoms. The number of rotatable bonds is 6. The number of carboxylic acid groups (broad SMARTS) is 1. The number of hydrogen-bond acceptors (Lipinski definition) is 3. The molecule has 7 heteroatoms. The molecule has 1 aromatic carbocycles. The molecule has 19 heavy (non-hydrogen) atoms. The summed E-state index contributed by atoms with van der Waals surface area (Å²) in [5.74, 6) is -3.59. The summed E-state index contributed by atoms with van der Waals surface area (Å²) in [7, 11) is 0. The van der Waals surface area contributed by atoms with Crippen molar-refractivity contribution in [2.45, 2.75) is 18.9 Å². The number of nitrogens with one attached hydrogen (secondary N) is 1. The van der Waals surface area contributed by atoms with Crippen molar-refractivity contribution >= 4 is 17.8 Å². The van der Waals surface area contributed by atoms with E-state index in [0.29, 0.717) is 0 Å². The number of carbonyl (C=O) groups excluding carboxylic acids is 2. The number of benzene rings is 1. The van der Waals surface area contributed by atoms with E-state index in [0.717, 1.165) is 6.07 Å². The van der Waals surface area contributed by atoms with Crippen LogP contribution in [-0.4, -0.2) is 28.9 Å². The lowest BCUT2D eigenvalue weighted by Gasteiger charge is -2.13. The van der Waals surface area contributed by atoms with Gasteiger partial charge in [-0.3, -0.25) is 9.59 Å². The quantitative estimate of drug-likeness (QED) is 0.688. The molecular weight excluding hydrogens is 255 g/mol. The molecule has 0 aliphatic heterocycles. The first kappa shape index (κ1) is 14.6. The van der Waals surface area contributed by atoms with E-state index in [-0.39, 0.29) is 18.4 Å². The Balaban J connectivity index is 2.74. The molecule has 1 unspecified atom stereocenters. The number of amides is 2. The molecule has 1 atom stereocenters. The van der Waals surface area contributed by atoms with E-state index in [1.165, 1.54) is 18.2 Å². The highest BCUT2D eigenvalue weighted by atomic mass is 19.1. The first-order valence-electron chi connectivity index (χ1n) is 5.48. The number of hydrogen-bond donors (Lipinski definition) is 3. The summed E-state index contributed by atoms with van der Waals surface area (Å²) >= 11 is 0. The van der Waals surface area contributed by atoms with Gasteiger partial charge in [-0.25, -0.2) is 9.18 Å². The van der Waals surface area contributed by atoms with Gasteiger partial charge in [0.15, 0.2) is 0 Å². The number of primary amides is 1. The van der Waals surface area contributed by atoms with Crippen molar-refractivity contribution in [3.63, 3.8) is 0 Å². The molecule has 2 amide bonds. The predicted molar refractivity (Wildman–Crippen MR) is 63.7 cm³/mol.